The smallest absolute Gasteiger partial charge is 0.262 e. The highest BCUT2D eigenvalue weighted by atomic mass is 32.2. The first-order chi connectivity index (χ1) is 11.8. The van der Waals surface area contributed by atoms with Gasteiger partial charge in [-0.1, -0.05) is 0 Å². The van der Waals surface area contributed by atoms with Gasteiger partial charge in [0.1, 0.15) is 10.6 Å². The van der Waals surface area contributed by atoms with Gasteiger partial charge in [-0.25, -0.2) is 13.4 Å². The summed E-state index contributed by atoms with van der Waals surface area (Å²) in [7, 11) is -3.19. The van der Waals surface area contributed by atoms with E-state index in [-0.39, 0.29) is 29.8 Å². The van der Waals surface area contributed by atoms with Crippen molar-refractivity contribution in [1.29, 1.82) is 0 Å². The van der Waals surface area contributed by atoms with Gasteiger partial charge in [-0.2, -0.15) is 4.31 Å². The fraction of sp³-hybridized carbons (Fsp3) is 0.733. The van der Waals surface area contributed by atoms with Crippen molar-refractivity contribution in [3.8, 4) is 0 Å². The first-order valence-electron chi connectivity index (χ1n) is 8.50. The molecule has 3 aliphatic rings. The summed E-state index contributed by atoms with van der Waals surface area (Å²) in [5, 5.41) is 0.0319. The molecule has 1 aromatic rings. The Hall–Kier alpha value is -1.26. The van der Waals surface area contributed by atoms with E-state index in [2.05, 4.69) is 4.98 Å². The molecule has 1 unspecified atom stereocenters. The Balaban J connectivity index is 1.53. The lowest BCUT2D eigenvalue weighted by molar-refractivity contribution is -0.131. The molecule has 8 nitrogen and oxygen atoms in total. The van der Waals surface area contributed by atoms with E-state index in [9.17, 15) is 17.4 Å². The van der Waals surface area contributed by atoms with Crippen molar-refractivity contribution in [1.82, 2.24) is 18.8 Å². The SMILES string of the molecule is Cn1cnc(S(=O)(=O)N2CCC3(CC2)N(CC2CC2)C(=O)CS3=O)c1. The van der Waals surface area contributed by atoms with Crippen LogP contribution in [0.3, 0.4) is 0 Å². The fourth-order valence-corrected chi connectivity index (χ4v) is 6.85. The summed E-state index contributed by atoms with van der Waals surface area (Å²) in [5.74, 6) is 0.539. The topological polar surface area (TPSA) is 92.6 Å². The van der Waals surface area contributed by atoms with Gasteiger partial charge in [0.2, 0.25) is 5.91 Å². The maximum Gasteiger partial charge on any atom is 0.262 e. The summed E-state index contributed by atoms with van der Waals surface area (Å²) in [6.07, 6.45) is 6.02. The van der Waals surface area contributed by atoms with Crippen molar-refractivity contribution in [3.63, 3.8) is 0 Å². The van der Waals surface area contributed by atoms with Gasteiger partial charge in [0.05, 0.1) is 17.1 Å². The molecule has 0 bridgehead atoms. The Kier molecular flexibility index (Phi) is 4.04. The van der Waals surface area contributed by atoms with Crippen LogP contribution in [0.15, 0.2) is 17.6 Å². The molecular formula is C15H22N4O4S2. The number of carbonyl (C=O) groups excluding carboxylic acids is 1. The number of piperidine rings is 1. The minimum absolute atomic E-state index is 0.0319. The van der Waals surface area contributed by atoms with Gasteiger partial charge in [0.15, 0.2) is 5.03 Å². The summed E-state index contributed by atoms with van der Waals surface area (Å²) in [6.45, 7) is 1.19. The van der Waals surface area contributed by atoms with Gasteiger partial charge in [-0.3, -0.25) is 9.00 Å². The fourth-order valence-electron chi connectivity index (χ4n) is 3.73. The van der Waals surface area contributed by atoms with Crippen LogP contribution in [0, 0.1) is 5.92 Å². The normalized spacial score (nSPS) is 27.3. The highest BCUT2D eigenvalue weighted by Gasteiger charge is 2.54. The van der Waals surface area contributed by atoms with E-state index < -0.39 is 25.7 Å². The van der Waals surface area contributed by atoms with E-state index in [1.165, 1.54) is 16.8 Å². The minimum atomic E-state index is -3.65. The first kappa shape index (κ1) is 17.2. The molecule has 0 aromatic carbocycles. The summed E-state index contributed by atoms with van der Waals surface area (Å²) in [5.41, 5.74) is 0. The average Bonchev–Trinajstić information content (AvgIpc) is 3.25. The molecule has 0 N–H and O–H groups in total. The molecule has 2 aliphatic heterocycles. The number of aromatic nitrogens is 2. The maximum atomic E-state index is 12.7. The van der Waals surface area contributed by atoms with Gasteiger partial charge in [0, 0.05) is 32.9 Å². The Morgan fingerprint density at radius 3 is 2.56 bits per heavy atom. The highest BCUT2D eigenvalue weighted by Crippen LogP contribution is 2.41. The van der Waals surface area contributed by atoms with Crippen molar-refractivity contribution in [3.05, 3.63) is 12.5 Å². The number of hydrogen-bond donors (Lipinski definition) is 0. The number of rotatable bonds is 4. The van der Waals surface area contributed by atoms with Crippen molar-refractivity contribution >= 4 is 26.7 Å². The van der Waals surface area contributed by atoms with E-state index in [1.54, 1.807) is 16.5 Å². The monoisotopic (exact) mass is 386 g/mol. The molecule has 1 atom stereocenters. The van der Waals surface area contributed by atoms with Crippen LogP contribution in [0.4, 0.5) is 0 Å². The standard InChI is InChI=1S/C15H22N4O4S2/c1-17-9-13(16-11-17)25(22,23)18-6-4-15(5-7-18)19(8-12-2-3-12)14(20)10-24(15)21/h9,11-12H,2-8,10H2,1H3. The Labute approximate surface area is 149 Å². The summed E-state index contributed by atoms with van der Waals surface area (Å²) in [6, 6.07) is 0. The second-order valence-electron chi connectivity index (χ2n) is 7.17. The van der Waals surface area contributed by atoms with Gasteiger partial charge in [-0.05, 0) is 31.6 Å². The molecular weight excluding hydrogens is 364 g/mol. The van der Waals surface area contributed by atoms with Gasteiger partial charge in [0.25, 0.3) is 10.0 Å². The van der Waals surface area contributed by atoms with Crippen LogP contribution in [0.5, 0.6) is 0 Å². The summed E-state index contributed by atoms with van der Waals surface area (Å²) >= 11 is 0. The lowest BCUT2D eigenvalue weighted by atomic mass is 10.0. The van der Waals surface area contributed by atoms with Crippen LogP contribution in [-0.2, 0) is 32.7 Å². The van der Waals surface area contributed by atoms with Gasteiger partial charge >= 0.3 is 0 Å². The van der Waals surface area contributed by atoms with E-state index in [0.717, 1.165) is 12.8 Å². The Morgan fingerprint density at radius 2 is 2.00 bits per heavy atom. The molecule has 4 rings (SSSR count). The quantitative estimate of drug-likeness (QED) is 0.721. The molecule has 1 amide bonds. The predicted molar refractivity (Wildman–Crippen MR) is 91.4 cm³/mol. The molecule has 1 spiro atoms. The zero-order chi connectivity index (χ0) is 17.8. The molecule has 3 heterocycles. The second-order valence-corrected chi connectivity index (χ2v) is 10.8. The molecule has 1 aliphatic carbocycles. The van der Waals surface area contributed by atoms with Gasteiger partial charge in [-0.15, -0.1) is 0 Å². The zero-order valence-electron chi connectivity index (χ0n) is 14.1. The van der Waals surface area contributed by atoms with E-state index in [1.807, 2.05) is 0 Å². The highest BCUT2D eigenvalue weighted by molar-refractivity contribution is 7.89. The van der Waals surface area contributed by atoms with Crippen molar-refractivity contribution in [2.45, 2.75) is 35.6 Å². The predicted octanol–water partition coefficient (Wildman–Crippen LogP) is -0.0982. The lowest BCUT2D eigenvalue weighted by Gasteiger charge is -2.43. The van der Waals surface area contributed by atoms with Crippen molar-refractivity contribution in [2.24, 2.45) is 13.0 Å². The molecule has 1 aromatic heterocycles. The molecule has 1 saturated carbocycles. The van der Waals surface area contributed by atoms with Crippen LogP contribution in [0.1, 0.15) is 25.7 Å². The lowest BCUT2D eigenvalue weighted by Crippen LogP contribution is -2.56. The number of sulfonamides is 1. The Bertz CT molecular complexity index is 822. The molecule has 2 saturated heterocycles. The molecule has 0 radical (unpaired) electrons. The third-order valence-corrected chi connectivity index (χ3v) is 9.17. The molecule has 138 valence electrons. The molecule has 10 heteroatoms. The van der Waals surface area contributed by atoms with Crippen molar-refractivity contribution in [2.75, 3.05) is 25.4 Å². The summed E-state index contributed by atoms with van der Waals surface area (Å²) in [4.78, 5) is 17.4. The zero-order valence-corrected chi connectivity index (χ0v) is 15.8. The largest absolute Gasteiger partial charge is 0.339 e. The first-order valence-corrected chi connectivity index (χ1v) is 11.3. The van der Waals surface area contributed by atoms with Crippen LogP contribution in [0.2, 0.25) is 0 Å². The number of carbonyl (C=O) groups is 1. The second kappa shape index (κ2) is 5.88. The van der Waals surface area contributed by atoms with Crippen LogP contribution in [0.25, 0.3) is 0 Å². The minimum Gasteiger partial charge on any atom is -0.339 e. The number of aryl methyl sites for hydroxylation is 1. The molecule has 3 fully saturated rings. The van der Waals surface area contributed by atoms with Crippen LogP contribution in [-0.4, -0.2) is 67.5 Å². The van der Waals surface area contributed by atoms with E-state index >= 15 is 0 Å². The van der Waals surface area contributed by atoms with Crippen LogP contribution >= 0.6 is 0 Å². The number of imidazole rings is 1. The van der Waals surface area contributed by atoms with Crippen LogP contribution < -0.4 is 0 Å². The van der Waals surface area contributed by atoms with E-state index in [0.29, 0.717) is 25.3 Å². The average molecular weight is 386 g/mol. The van der Waals surface area contributed by atoms with Crippen molar-refractivity contribution < 1.29 is 17.4 Å². The third kappa shape index (κ3) is 2.83. The Morgan fingerprint density at radius 1 is 1.32 bits per heavy atom. The molecule has 25 heavy (non-hydrogen) atoms. The third-order valence-electron chi connectivity index (χ3n) is 5.40. The van der Waals surface area contributed by atoms with Gasteiger partial charge < -0.3 is 9.47 Å². The number of hydrogen-bond acceptors (Lipinski definition) is 5. The maximum absolute atomic E-state index is 12.7. The number of amides is 1. The van der Waals surface area contributed by atoms with E-state index in [4.69, 9.17) is 0 Å². The number of nitrogens with zero attached hydrogens (tertiary/aromatic N) is 4. The summed E-state index contributed by atoms with van der Waals surface area (Å²) < 4.78 is 41.1.